The summed E-state index contributed by atoms with van der Waals surface area (Å²) in [6.45, 7) is 0.0518. The Morgan fingerprint density at radius 2 is 1.54 bits per heavy atom. The van der Waals surface area contributed by atoms with Crippen LogP contribution >= 0.6 is 0 Å². The fourth-order valence-corrected chi connectivity index (χ4v) is 5.09. The monoisotopic (exact) mass is 486 g/mol. The lowest BCUT2D eigenvalue weighted by atomic mass is 9.80. The van der Waals surface area contributed by atoms with Gasteiger partial charge in [-0.05, 0) is 35.1 Å². The highest BCUT2D eigenvalue weighted by Crippen LogP contribution is 2.44. The molecule has 1 fully saturated rings. The lowest BCUT2D eigenvalue weighted by Crippen LogP contribution is -2.62. The van der Waals surface area contributed by atoms with E-state index in [1.165, 1.54) is 0 Å². The number of amides is 2. The number of alkyl halides is 2. The number of ether oxygens (including phenoxy) is 1. The summed E-state index contributed by atoms with van der Waals surface area (Å²) >= 11 is 0. The first-order valence-corrected chi connectivity index (χ1v) is 11.7. The lowest BCUT2D eigenvalue weighted by molar-refractivity contribution is -0.139. The Balaban J connectivity index is 1.46. The third-order valence-corrected chi connectivity index (χ3v) is 6.84. The summed E-state index contributed by atoms with van der Waals surface area (Å²) in [5.41, 5.74) is 2.82. The first-order chi connectivity index (χ1) is 16.8. The molecule has 1 atom stereocenters. The second kappa shape index (κ2) is 10.4. The van der Waals surface area contributed by atoms with Gasteiger partial charge in [0.25, 0.3) is 6.43 Å². The van der Waals surface area contributed by atoms with Crippen LogP contribution in [0.4, 0.5) is 13.6 Å². The normalized spacial score (nSPS) is 17.2. The van der Waals surface area contributed by atoms with Crippen molar-refractivity contribution in [3.63, 3.8) is 0 Å². The maximum atomic E-state index is 13.3. The number of benzene rings is 2. The molecule has 35 heavy (non-hydrogen) atoms. The smallest absolute Gasteiger partial charge is 0.408 e. The number of carboxylic acids is 1. The summed E-state index contributed by atoms with van der Waals surface area (Å²) in [6, 6.07) is 13.9. The number of rotatable bonds is 8. The van der Waals surface area contributed by atoms with Gasteiger partial charge in [-0.25, -0.2) is 13.6 Å². The highest BCUT2D eigenvalue weighted by molar-refractivity contribution is 5.90. The molecule has 2 aromatic rings. The second-order valence-electron chi connectivity index (χ2n) is 9.11. The van der Waals surface area contributed by atoms with Crippen molar-refractivity contribution in [2.24, 2.45) is 0 Å². The van der Waals surface area contributed by atoms with Crippen LogP contribution in [0, 0.1) is 0 Å². The molecular formula is C26H28F2N2O5. The summed E-state index contributed by atoms with van der Waals surface area (Å²) in [5.74, 6) is -2.42. The van der Waals surface area contributed by atoms with Crippen LogP contribution in [0.2, 0.25) is 0 Å². The topological polar surface area (TPSA) is 105 Å². The van der Waals surface area contributed by atoms with E-state index in [-0.39, 0.29) is 25.4 Å². The number of carboxylic acid groups (broad SMARTS) is 1. The highest BCUT2D eigenvalue weighted by Gasteiger charge is 2.43. The molecule has 186 valence electrons. The van der Waals surface area contributed by atoms with Gasteiger partial charge in [-0.2, -0.15) is 0 Å². The average molecular weight is 487 g/mol. The van der Waals surface area contributed by atoms with E-state index in [1.807, 2.05) is 48.5 Å². The zero-order chi connectivity index (χ0) is 25.0. The molecule has 0 heterocycles. The van der Waals surface area contributed by atoms with Crippen molar-refractivity contribution >= 4 is 18.0 Å². The summed E-state index contributed by atoms with van der Waals surface area (Å²) in [6.07, 6.45) is -2.18. The minimum absolute atomic E-state index is 0.0518. The Morgan fingerprint density at radius 1 is 0.971 bits per heavy atom. The Labute approximate surface area is 201 Å². The number of alkyl carbamates (subject to hydrolysis) is 1. The molecule has 4 rings (SSSR count). The Kier molecular flexibility index (Phi) is 7.33. The molecule has 3 N–H and O–H groups in total. The van der Waals surface area contributed by atoms with Crippen molar-refractivity contribution in [1.82, 2.24) is 10.6 Å². The highest BCUT2D eigenvalue weighted by atomic mass is 19.3. The number of halogens is 2. The van der Waals surface area contributed by atoms with Crippen molar-refractivity contribution < 1.29 is 33.0 Å². The molecule has 0 spiro atoms. The number of carbonyl (C=O) groups excluding carboxylic acids is 2. The van der Waals surface area contributed by atoms with Gasteiger partial charge in [0.05, 0.1) is 6.42 Å². The van der Waals surface area contributed by atoms with Gasteiger partial charge in [-0.3, -0.25) is 9.59 Å². The van der Waals surface area contributed by atoms with E-state index in [0.717, 1.165) is 28.7 Å². The molecule has 0 radical (unpaired) electrons. The number of nitrogens with one attached hydrogen (secondary N) is 2. The lowest BCUT2D eigenvalue weighted by Gasteiger charge is -2.37. The fourth-order valence-electron chi connectivity index (χ4n) is 5.09. The Morgan fingerprint density at radius 3 is 2.09 bits per heavy atom. The number of hydrogen-bond acceptors (Lipinski definition) is 4. The second-order valence-corrected chi connectivity index (χ2v) is 9.11. The van der Waals surface area contributed by atoms with E-state index in [4.69, 9.17) is 9.84 Å². The molecule has 1 saturated carbocycles. The summed E-state index contributed by atoms with van der Waals surface area (Å²) in [7, 11) is 0. The summed E-state index contributed by atoms with van der Waals surface area (Å²) < 4.78 is 32.2. The van der Waals surface area contributed by atoms with E-state index in [0.29, 0.717) is 12.8 Å². The predicted octanol–water partition coefficient (Wildman–Crippen LogP) is 4.45. The van der Waals surface area contributed by atoms with Crippen LogP contribution in [-0.4, -0.2) is 47.7 Å². The SMILES string of the molecule is O=C(O)CC(NC(=O)C1(NC(=O)OCC2c3ccccc3-c3ccccc32)CCCCC1)C(F)F. The molecule has 2 aromatic carbocycles. The number of aliphatic carboxylic acids is 1. The van der Waals surface area contributed by atoms with Gasteiger partial charge < -0.3 is 20.5 Å². The van der Waals surface area contributed by atoms with Crippen molar-refractivity contribution in [3.05, 3.63) is 59.7 Å². The molecule has 2 amide bonds. The largest absolute Gasteiger partial charge is 0.481 e. The zero-order valence-corrected chi connectivity index (χ0v) is 19.1. The van der Waals surface area contributed by atoms with Crippen LogP contribution in [0.15, 0.2) is 48.5 Å². The molecule has 0 aliphatic heterocycles. The first kappa shape index (κ1) is 24.6. The average Bonchev–Trinajstić information content (AvgIpc) is 3.16. The number of fused-ring (bicyclic) bond motifs is 3. The Hall–Kier alpha value is -3.49. The maximum absolute atomic E-state index is 13.3. The summed E-state index contributed by atoms with van der Waals surface area (Å²) in [5, 5.41) is 13.7. The molecule has 2 aliphatic rings. The third-order valence-electron chi connectivity index (χ3n) is 6.84. The van der Waals surface area contributed by atoms with Crippen LogP contribution in [0.1, 0.15) is 55.6 Å². The fraction of sp³-hybridized carbons (Fsp3) is 0.423. The predicted molar refractivity (Wildman–Crippen MR) is 124 cm³/mol. The van der Waals surface area contributed by atoms with E-state index in [9.17, 15) is 23.2 Å². The van der Waals surface area contributed by atoms with Gasteiger partial charge in [0, 0.05) is 5.92 Å². The summed E-state index contributed by atoms with van der Waals surface area (Å²) in [4.78, 5) is 36.8. The van der Waals surface area contributed by atoms with Crippen LogP contribution in [0.3, 0.4) is 0 Å². The van der Waals surface area contributed by atoms with E-state index < -0.39 is 42.4 Å². The van der Waals surface area contributed by atoms with Gasteiger partial charge in [0.1, 0.15) is 18.2 Å². The number of carbonyl (C=O) groups is 3. The molecule has 0 aromatic heterocycles. The van der Waals surface area contributed by atoms with Crippen molar-refractivity contribution in [1.29, 1.82) is 0 Å². The minimum Gasteiger partial charge on any atom is -0.481 e. The van der Waals surface area contributed by atoms with Crippen LogP contribution in [-0.2, 0) is 14.3 Å². The van der Waals surface area contributed by atoms with E-state index in [2.05, 4.69) is 10.6 Å². The maximum Gasteiger partial charge on any atom is 0.408 e. The van der Waals surface area contributed by atoms with Gasteiger partial charge in [-0.1, -0.05) is 67.8 Å². The first-order valence-electron chi connectivity index (χ1n) is 11.7. The van der Waals surface area contributed by atoms with Gasteiger partial charge in [0.15, 0.2) is 0 Å². The number of hydrogen-bond donors (Lipinski definition) is 3. The van der Waals surface area contributed by atoms with Crippen molar-refractivity contribution in [3.8, 4) is 11.1 Å². The molecule has 0 bridgehead atoms. The Bertz CT molecular complexity index is 1060. The third kappa shape index (κ3) is 5.28. The van der Waals surface area contributed by atoms with Gasteiger partial charge >= 0.3 is 12.1 Å². The molecule has 2 aliphatic carbocycles. The van der Waals surface area contributed by atoms with Crippen LogP contribution < -0.4 is 10.6 Å². The van der Waals surface area contributed by atoms with Crippen molar-refractivity contribution in [2.75, 3.05) is 6.61 Å². The van der Waals surface area contributed by atoms with Crippen LogP contribution in [0.25, 0.3) is 11.1 Å². The van der Waals surface area contributed by atoms with E-state index >= 15 is 0 Å². The van der Waals surface area contributed by atoms with Gasteiger partial charge in [-0.15, -0.1) is 0 Å². The van der Waals surface area contributed by atoms with E-state index in [1.54, 1.807) is 0 Å². The molecule has 0 saturated heterocycles. The standard InChI is InChI=1S/C26H28F2N2O5/c27-23(28)21(14-22(31)32)29-24(33)26(12-6-1-7-13-26)30-25(34)35-15-20-18-10-4-2-8-16(18)17-9-3-5-11-19(17)20/h2-5,8-11,20-21,23H,1,6-7,12-15H2,(H,29,33)(H,30,34)(H,31,32). The quantitative estimate of drug-likeness (QED) is 0.511. The molecule has 9 heteroatoms. The minimum atomic E-state index is -3.05. The molecule has 7 nitrogen and oxygen atoms in total. The molecular weight excluding hydrogens is 458 g/mol. The van der Waals surface area contributed by atoms with Crippen LogP contribution in [0.5, 0.6) is 0 Å². The van der Waals surface area contributed by atoms with Crippen molar-refractivity contribution in [2.45, 2.75) is 62.4 Å². The van der Waals surface area contributed by atoms with Gasteiger partial charge in [0.2, 0.25) is 5.91 Å². The molecule has 1 unspecified atom stereocenters. The zero-order valence-electron chi connectivity index (χ0n) is 19.1.